The Morgan fingerprint density at radius 2 is 1.21 bits per heavy atom. The zero-order chi connectivity index (χ0) is 24.8. The number of benzene rings is 6. The molecule has 0 atom stereocenters. The summed E-state index contributed by atoms with van der Waals surface area (Å²) >= 11 is 0. The van der Waals surface area contributed by atoms with Crippen molar-refractivity contribution in [3.05, 3.63) is 115 Å². The van der Waals surface area contributed by atoms with E-state index < -0.39 is 0 Å². The zero-order valence-electron chi connectivity index (χ0n) is 20.2. The summed E-state index contributed by atoms with van der Waals surface area (Å²) in [5.74, 6) is 0.644. The van der Waals surface area contributed by atoms with E-state index in [9.17, 15) is 0 Å². The normalized spacial score (nSPS) is 12.2. The van der Waals surface area contributed by atoms with Gasteiger partial charge in [-0.2, -0.15) is 0 Å². The van der Waals surface area contributed by atoms with Gasteiger partial charge in [-0.1, -0.05) is 72.8 Å². The molecule has 0 aliphatic heterocycles. The van der Waals surface area contributed by atoms with E-state index in [0.717, 1.165) is 38.8 Å². The topological polar surface area (TPSA) is 39.2 Å². The van der Waals surface area contributed by atoms with Gasteiger partial charge in [-0.3, -0.25) is 0 Å². The third kappa shape index (κ3) is 2.65. The summed E-state index contributed by atoms with van der Waals surface area (Å²) in [5, 5.41) is 4.78. The van der Waals surface area contributed by atoms with Crippen molar-refractivity contribution < 1.29 is 8.83 Å². The molecule has 0 fully saturated rings. The molecule has 0 saturated heterocycles. The molecule has 6 aromatic carbocycles. The Morgan fingerprint density at radius 3 is 2.11 bits per heavy atom. The number of para-hydroxylation sites is 3. The number of furan rings is 1. The Balaban J connectivity index is 1.17. The number of hydrogen-bond acceptors (Lipinski definition) is 3. The molecule has 0 unspecified atom stereocenters. The van der Waals surface area contributed by atoms with Crippen LogP contribution >= 0.6 is 0 Å². The highest BCUT2D eigenvalue weighted by Gasteiger charge is 2.25. The van der Waals surface area contributed by atoms with Gasteiger partial charge in [0.25, 0.3) is 0 Å². The molecule has 3 nitrogen and oxygen atoms in total. The molecule has 3 heteroatoms. The Labute approximate surface area is 217 Å². The lowest BCUT2D eigenvalue weighted by Gasteiger charge is -2.07. The number of hydrogen-bond donors (Lipinski definition) is 0. The van der Waals surface area contributed by atoms with E-state index in [1.54, 1.807) is 0 Å². The first kappa shape index (κ1) is 20.0. The number of oxazole rings is 1. The van der Waals surface area contributed by atoms with Gasteiger partial charge in [-0.25, -0.2) is 4.98 Å². The maximum Gasteiger partial charge on any atom is 0.227 e. The van der Waals surface area contributed by atoms with Gasteiger partial charge in [0, 0.05) is 27.1 Å². The Bertz CT molecular complexity index is 2200. The first-order valence-electron chi connectivity index (χ1n) is 12.8. The largest absolute Gasteiger partial charge is 0.455 e. The third-order valence-corrected chi connectivity index (χ3v) is 7.86. The lowest BCUT2D eigenvalue weighted by atomic mass is 9.97. The number of fused-ring (bicyclic) bond motifs is 8. The van der Waals surface area contributed by atoms with E-state index in [1.807, 2.05) is 36.4 Å². The van der Waals surface area contributed by atoms with Gasteiger partial charge < -0.3 is 8.83 Å². The van der Waals surface area contributed by atoms with Gasteiger partial charge in [-0.15, -0.1) is 0 Å². The highest BCUT2D eigenvalue weighted by Crippen LogP contribution is 2.51. The number of nitrogens with zero attached hydrogens (tertiary/aromatic N) is 1. The van der Waals surface area contributed by atoms with Crippen molar-refractivity contribution in [2.45, 2.75) is 0 Å². The SMILES string of the molecule is c1ccc2oc(-c3ccc(-c4ccc5c(c4)-c4cccc6c4c-5cc4c5ccccc5oc64)cc3)nc2c1. The number of aromatic nitrogens is 1. The van der Waals surface area contributed by atoms with Crippen LogP contribution in [0.2, 0.25) is 0 Å². The average molecular weight is 486 g/mol. The Kier molecular flexibility index (Phi) is 3.79. The zero-order valence-corrected chi connectivity index (χ0v) is 20.2. The monoisotopic (exact) mass is 485 g/mol. The predicted octanol–water partition coefficient (Wildman–Crippen LogP) is 9.86. The molecule has 38 heavy (non-hydrogen) atoms. The van der Waals surface area contributed by atoms with E-state index >= 15 is 0 Å². The molecular weight excluding hydrogens is 466 g/mol. The third-order valence-electron chi connectivity index (χ3n) is 7.86. The first-order chi connectivity index (χ1) is 18.8. The van der Waals surface area contributed by atoms with Crippen LogP contribution in [0.15, 0.2) is 124 Å². The summed E-state index contributed by atoms with van der Waals surface area (Å²) in [6, 6.07) is 40.3. The van der Waals surface area contributed by atoms with Crippen molar-refractivity contribution in [3.8, 4) is 44.8 Å². The molecule has 1 aliphatic carbocycles. The van der Waals surface area contributed by atoms with Crippen molar-refractivity contribution in [3.63, 3.8) is 0 Å². The van der Waals surface area contributed by atoms with E-state index in [1.165, 1.54) is 44.0 Å². The summed E-state index contributed by atoms with van der Waals surface area (Å²) in [4.78, 5) is 4.64. The van der Waals surface area contributed by atoms with Crippen LogP contribution < -0.4 is 0 Å². The van der Waals surface area contributed by atoms with Gasteiger partial charge in [0.05, 0.1) is 0 Å². The van der Waals surface area contributed by atoms with Crippen LogP contribution in [0.1, 0.15) is 0 Å². The van der Waals surface area contributed by atoms with Crippen LogP contribution in [-0.4, -0.2) is 4.98 Å². The predicted molar refractivity (Wildman–Crippen MR) is 154 cm³/mol. The summed E-state index contributed by atoms with van der Waals surface area (Å²) in [6.07, 6.45) is 0. The van der Waals surface area contributed by atoms with Crippen LogP contribution in [0.4, 0.5) is 0 Å². The molecule has 8 aromatic rings. The van der Waals surface area contributed by atoms with Gasteiger partial charge in [0.2, 0.25) is 5.89 Å². The maximum absolute atomic E-state index is 6.35. The Hall–Kier alpha value is -5.15. The second kappa shape index (κ2) is 7.21. The van der Waals surface area contributed by atoms with E-state index in [0.29, 0.717) is 5.89 Å². The fourth-order valence-corrected chi connectivity index (χ4v) is 6.08. The minimum absolute atomic E-state index is 0.644. The molecule has 0 saturated carbocycles. The van der Waals surface area contributed by atoms with E-state index in [4.69, 9.17) is 8.83 Å². The summed E-state index contributed by atoms with van der Waals surface area (Å²) in [5.41, 5.74) is 12.0. The van der Waals surface area contributed by atoms with Gasteiger partial charge in [-0.05, 0) is 75.8 Å². The molecule has 2 aromatic heterocycles. The minimum Gasteiger partial charge on any atom is -0.455 e. The molecule has 0 amide bonds. The second-order valence-corrected chi connectivity index (χ2v) is 9.95. The van der Waals surface area contributed by atoms with Crippen LogP contribution in [-0.2, 0) is 0 Å². The standard InChI is InChI=1S/C35H19NO2/c1-3-10-31-24(6-1)29-19-28-23-17-16-22(18-27(23)25-7-5-8-26(33(25)28)34(29)37-31)20-12-14-21(15-13-20)35-36-30-9-2-4-11-32(30)38-35/h1-19H. The number of rotatable bonds is 2. The van der Waals surface area contributed by atoms with Crippen molar-refractivity contribution in [2.75, 3.05) is 0 Å². The lowest BCUT2D eigenvalue weighted by Crippen LogP contribution is -1.83. The maximum atomic E-state index is 6.35. The molecule has 0 radical (unpaired) electrons. The van der Waals surface area contributed by atoms with E-state index in [2.05, 4.69) is 83.8 Å². The molecular formula is C35H19NO2. The molecule has 1 aliphatic rings. The van der Waals surface area contributed by atoms with Gasteiger partial charge in [0.15, 0.2) is 5.58 Å². The molecule has 9 rings (SSSR count). The smallest absolute Gasteiger partial charge is 0.227 e. The van der Waals surface area contributed by atoms with Crippen LogP contribution in [0, 0.1) is 0 Å². The van der Waals surface area contributed by atoms with E-state index in [-0.39, 0.29) is 0 Å². The first-order valence-corrected chi connectivity index (χ1v) is 12.8. The molecule has 2 heterocycles. The highest BCUT2D eigenvalue weighted by molar-refractivity contribution is 6.26. The molecule has 176 valence electrons. The fourth-order valence-electron chi connectivity index (χ4n) is 6.08. The second-order valence-electron chi connectivity index (χ2n) is 9.95. The fraction of sp³-hybridized carbons (Fsp3) is 0. The van der Waals surface area contributed by atoms with Crippen molar-refractivity contribution in [1.29, 1.82) is 0 Å². The van der Waals surface area contributed by atoms with Crippen molar-refractivity contribution >= 4 is 43.8 Å². The van der Waals surface area contributed by atoms with Crippen LogP contribution in [0.25, 0.3) is 88.6 Å². The minimum atomic E-state index is 0.644. The molecule has 0 bridgehead atoms. The molecule has 0 N–H and O–H groups in total. The van der Waals surface area contributed by atoms with Crippen LogP contribution in [0.3, 0.4) is 0 Å². The average Bonchev–Trinajstić information content (AvgIpc) is 3.66. The quantitative estimate of drug-likeness (QED) is 0.245. The Morgan fingerprint density at radius 1 is 0.447 bits per heavy atom. The lowest BCUT2D eigenvalue weighted by molar-refractivity contribution is 0.620. The van der Waals surface area contributed by atoms with Crippen molar-refractivity contribution in [2.24, 2.45) is 0 Å². The van der Waals surface area contributed by atoms with Gasteiger partial charge in [0.1, 0.15) is 16.7 Å². The summed E-state index contributed by atoms with van der Waals surface area (Å²) in [6.45, 7) is 0. The molecule has 0 spiro atoms. The summed E-state index contributed by atoms with van der Waals surface area (Å²) in [7, 11) is 0. The van der Waals surface area contributed by atoms with Crippen LogP contribution in [0.5, 0.6) is 0 Å². The van der Waals surface area contributed by atoms with Crippen molar-refractivity contribution in [1.82, 2.24) is 4.98 Å². The van der Waals surface area contributed by atoms with Gasteiger partial charge >= 0.3 is 0 Å². The summed E-state index contributed by atoms with van der Waals surface area (Å²) < 4.78 is 12.3. The highest BCUT2D eigenvalue weighted by atomic mass is 16.3.